The number of benzene rings is 8. The number of fused-ring (bicyclic) bond motifs is 5. The second kappa shape index (κ2) is 15.3. The Bertz CT molecular complexity index is 3260. The Morgan fingerprint density at radius 2 is 0.934 bits per heavy atom. The van der Waals surface area contributed by atoms with Crippen LogP contribution in [-0.2, 0) is 6.42 Å². The number of hydrogen-bond acceptors (Lipinski definition) is 4. The molecule has 0 saturated carbocycles. The van der Waals surface area contributed by atoms with E-state index >= 15 is 0 Å². The van der Waals surface area contributed by atoms with Crippen molar-refractivity contribution in [3.8, 4) is 73.1 Å². The minimum absolute atomic E-state index is 0.666. The zero-order valence-corrected chi connectivity index (χ0v) is 33.6. The van der Waals surface area contributed by atoms with E-state index in [1.807, 2.05) is 12.1 Å². The van der Waals surface area contributed by atoms with Crippen LogP contribution in [0.3, 0.4) is 0 Å². The summed E-state index contributed by atoms with van der Waals surface area (Å²) in [6, 6.07) is 72.2. The number of rotatable bonds is 8. The van der Waals surface area contributed by atoms with Crippen molar-refractivity contribution in [2.45, 2.75) is 13.3 Å². The fourth-order valence-corrected chi connectivity index (χ4v) is 8.55. The average molecular weight is 782 g/mol. The van der Waals surface area contributed by atoms with E-state index in [0.29, 0.717) is 5.82 Å². The van der Waals surface area contributed by atoms with Crippen molar-refractivity contribution < 1.29 is 0 Å². The van der Waals surface area contributed by atoms with Gasteiger partial charge in [0.1, 0.15) is 5.82 Å². The first-order valence-electron chi connectivity index (χ1n) is 20.8. The molecule has 0 spiro atoms. The molecule has 0 unspecified atom stereocenters. The van der Waals surface area contributed by atoms with Crippen LogP contribution in [0, 0.1) is 0 Å². The first-order valence-corrected chi connectivity index (χ1v) is 20.8. The highest BCUT2D eigenvalue weighted by molar-refractivity contribution is 6.20. The Morgan fingerprint density at radius 1 is 0.393 bits per heavy atom. The zero-order chi connectivity index (χ0) is 40.7. The van der Waals surface area contributed by atoms with Crippen LogP contribution in [0.5, 0.6) is 0 Å². The van der Waals surface area contributed by atoms with E-state index in [4.69, 9.17) is 19.9 Å². The fourth-order valence-electron chi connectivity index (χ4n) is 8.55. The van der Waals surface area contributed by atoms with Gasteiger partial charge in [-0.25, -0.2) is 19.9 Å². The maximum atomic E-state index is 5.41. The summed E-state index contributed by atoms with van der Waals surface area (Å²) in [5.74, 6) is 1.68. The Morgan fingerprint density at radius 3 is 1.61 bits per heavy atom. The van der Waals surface area contributed by atoms with Gasteiger partial charge in [-0.1, -0.05) is 177 Å². The molecule has 0 N–H and O–H groups in total. The van der Waals surface area contributed by atoms with Gasteiger partial charge in [0.25, 0.3) is 0 Å². The summed E-state index contributed by atoms with van der Waals surface area (Å²) in [4.78, 5) is 21.2. The molecule has 0 atom stereocenters. The lowest BCUT2D eigenvalue weighted by molar-refractivity contribution is 0.908. The molecule has 0 aliphatic carbocycles. The molecule has 0 aliphatic heterocycles. The number of aryl methyl sites for hydroxylation is 1. The maximum Gasteiger partial charge on any atom is 0.160 e. The van der Waals surface area contributed by atoms with Crippen LogP contribution in [0.4, 0.5) is 0 Å². The lowest BCUT2D eigenvalue weighted by Gasteiger charge is -2.14. The van der Waals surface area contributed by atoms with Crippen molar-refractivity contribution in [1.29, 1.82) is 0 Å². The van der Waals surface area contributed by atoms with Crippen molar-refractivity contribution in [1.82, 2.24) is 24.5 Å². The molecule has 0 saturated heterocycles. The van der Waals surface area contributed by atoms with Crippen molar-refractivity contribution in [3.05, 3.63) is 212 Å². The van der Waals surface area contributed by atoms with E-state index in [1.54, 1.807) is 0 Å². The van der Waals surface area contributed by atoms with E-state index in [9.17, 15) is 0 Å². The molecule has 3 heterocycles. The third kappa shape index (κ3) is 6.63. The Kier molecular flexibility index (Phi) is 9.05. The van der Waals surface area contributed by atoms with E-state index in [-0.39, 0.29) is 0 Å². The molecule has 288 valence electrons. The molecule has 11 rings (SSSR count). The van der Waals surface area contributed by atoms with Crippen LogP contribution < -0.4 is 0 Å². The number of para-hydroxylation sites is 2. The summed E-state index contributed by atoms with van der Waals surface area (Å²) < 4.78 is 2.28. The number of nitrogens with zero attached hydrogens (tertiary/aromatic N) is 5. The predicted molar refractivity (Wildman–Crippen MR) is 251 cm³/mol. The summed E-state index contributed by atoms with van der Waals surface area (Å²) in [5, 5.41) is 3.27. The summed E-state index contributed by atoms with van der Waals surface area (Å²) in [7, 11) is 0. The van der Waals surface area contributed by atoms with Gasteiger partial charge in [0.15, 0.2) is 5.82 Å². The van der Waals surface area contributed by atoms with Gasteiger partial charge >= 0.3 is 0 Å². The molecular formula is C56H39N5. The predicted octanol–water partition coefficient (Wildman–Crippen LogP) is 14.1. The van der Waals surface area contributed by atoms with Crippen molar-refractivity contribution in [2.75, 3.05) is 0 Å². The van der Waals surface area contributed by atoms with Gasteiger partial charge in [0, 0.05) is 45.1 Å². The minimum Gasteiger partial charge on any atom is -0.296 e. The third-order valence-corrected chi connectivity index (χ3v) is 11.6. The normalized spacial score (nSPS) is 11.4. The Labute approximate surface area is 354 Å². The summed E-state index contributed by atoms with van der Waals surface area (Å²) in [5.41, 5.74) is 15.2. The molecule has 61 heavy (non-hydrogen) atoms. The maximum absolute atomic E-state index is 5.41. The summed E-state index contributed by atoms with van der Waals surface area (Å²) >= 11 is 0. The number of imidazole rings is 1. The smallest absolute Gasteiger partial charge is 0.160 e. The minimum atomic E-state index is 0.666. The lowest BCUT2D eigenvalue weighted by Crippen LogP contribution is -1.99. The zero-order valence-electron chi connectivity index (χ0n) is 33.6. The molecule has 0 radical (unpaired) electrons. The quantitative estimate of drug-likeness (QED) is 0.144. The molecule has 11 aromatic rings. The molecule has 5 nitrogen and oxygen atoms in total. The number of hydrogen-bond donors (Lipinski definition) is 0. The van der Waals surface area contributed by atoms with Crippen molar-refractivity contribution in [3.63, 3.8) is 0 Å². The first kappa shape index (κ1) is 36.1. The first-order chi connectivity index (χ1) is 30.2. The molecular weight excluding hydrogens is 743 g/mol. The highest BCUT2D eigenvalue weighted by Gasteiger charge is 2.20. The van der Waals surface area contributed by atoms with Gasteiger partial charge < -0.3 is 0 Å². The van der Waals surface area contributed by atoms with Crippen molar-refractivity contribution in [2.24, 2.45) is 0 Å². The monoisotopic (exact) mass is 781 g/mol. The van der Waals surface area contributed by atoms with Crippen LogP contribution in [-0.4, -0.2) is 24.5 Å². The Balaban J connectivity index is 1.08. The van der Waals surface area contributed by atoms with Crippen molar-refractivity contribution >= 4 is 32.7 Å². The summed E-state index contributed by atoms with van der Waals surface area (Å²) in [6.45, 7) is 2.17. The molecule has 0 fully saturated rings. The second-order valence-electron chi connectivity index (χ2n) is 15.3. The lowest BCUT2D eigenvalue weighted by atomic mass is 9.97. The van der Waals surface area contributed by atoms with E-state index in [2.05, 4.69) is 206 Å². The van der Waals surface area contributed by atoms with Gasteiger partial charge in [-0.3, -0.25) is 4.57 Å². The van der Waals surface area contributed by atoms with Crippen LogP contribution >= 0.6 is 0 Å². The number of pyridine rings is 1. The molecule has 3 aromatic heterocycles. The van der Waals surface area contributed by atoms with E-state index in [0.717, 1.165) is 101 Å². The van der Waals surface area contributed by atoms with Gasteiger partial charge in [0.05, 0.1) is 33.6 Å². The Hall–Kier alpha value is -8.02. The fraction of sp³-hybridized carbons (Fsp3) is 0.0357. The van der Waals surface area contributed by atoms with Gasteiger partial charge in [-0.2, -0.15) is 0 Å². The molecule has 0 amide bonds. The van der Waals surface area contributed by atoms with E-state index < -0.39 is 0 Å². The standard InChI is InChI=1S/C56H39N5/c1-2-52-60-55-51(61(52)45-21-10-5-11-22-45)34-33-47-46-23-12-13-24-48(46)57-54(53(47)55)44-20-14-19-43(35-44)50-36-49(41-29-25-39(26-30-41)37-15-6-3-7-16-37)58-56(59-50)42-31-27-40(28-32-42)38-17-8-4-9-18-38/h3-36H,2H2,1H3. The summed E-state index contributed by atoms with van der Waals surface area (Å²) in [6.07, 6.45) is 0.791. The van der Waals surface area contributed by atoms with E-state index in [1.165, 1.54) is 11.1 Å². The molecule has 5 heteroatoms. The third-order valence-electron chi connectivity index (χ3n) is 11.6. The SMILES string of the molecule is CCc1nc2c3c(-c4cccc(-c5cc(-c6ccc(-c7ccccc7)cc6)nc(-c6ccc(-c7ccccc7)cc6)n5)c4)nc4ccccc4c3ccc2n1-c1ccccc1. The van der Waals surface area contributed by atoms with Crippen LogP contribution in [0.15, 0.2) is 206 Å². The highest BCUT2D eigenvalue weighted by Crippen LogP contribution is 2.40. The largest absolute Gasteiger partial charge is 0.296 e. The van der Waals surface area contributed by atoms with Gasteiger partial charge in [-0.15, -0.1) is 0 Å². The molecule has 0 bridgehead atoms. The number of aromatic nitrogens is 5. The highest BCUT2D eigenvalue weighted by atomic mass is 15.1. The van der Waals surface area contributed by atoms with Crippen LogP contribution in [0.1, 0.15) is 12.7 Å². The topological polar surface area (TPSA) is 56.5 Å². The van der Waals surface area contributed by atoms with Crippen LogP contribution in [0.25, 0.3) is 106 Å². The average Bonchev–Trinajstić information content (AvgIpc) is 3.74. The van der Waals surface area contributed by atoms with Gasteiger partial charge in [0.2, 0.25) is 0 Å². The van der Waals surface area contributed by atoms with Crippen LogP contribution in [0.2, 0.25) is 0 Å². The van der Waals surface area contributed by atoms with Gasteiger partial charge in [-0.05, 0) is 64.0 Å². The molecule has 0 aliphatic rings. The second-order valence-corrected chi connectivity index (χ2v) is 15.3. The molecule has 8 aromatic carbocycles.